The monoisotopic (exact) mass is 667 g/mol. The Morgan fingerprint density at radius 1 is 1.23 bits per heavy atom. The fourth-order valence-electron chi connectivity index (χ4n) is 5.44. The number of nitrogens with one attached hydrogen (secondary N) is 2. The maximum atomic E-state index is 13.4. The molecule has 2 aliphatic rings. The number of ether oxygens (including phenoxy) is 1. The van der Waals surface area contributed by atoms with Gasteiger partial charge in [-0.1, -0.05) is 20.8 Å². The summed E-state index contributed by atoms with van der Waals surface area (Å²) in [6, 6.07) is 0.955. The second-order valence-electron chi connectivity index (χ2n) is 11.1. The second-order valence-corrected chi connectivity index (χ2v) is 12.9. The van der Waals surface area contributed by atoms with E-state index in [-0.39, 0.29) is 65.7 Å². The Morgan fingerprint density at radius 3 is 2.33 bits per heavy atom. The first-order chi connectivity index (χ1) is 19.0. The van der Waals surface area contributed by atoms with Crippen LogP contribution in [0.2, 0.25) is 0 Å². The SMILES string of the molecule is CC(=O)Nc1[n-]c(/C=C2\N=C(N=C(O)C(C)NS(C)(=O)=O)C(C#N)=C2C)c(C)c1C(=O)OC1C(C)CC(C)CC1C.O.[Zn]. The molecule has 15 heteroatoms. The van der Waals surface area contributed by atoms with Crippen LogP contribution < -0.4 is 15.0 Å². The van der Waals surface area contributed by atoms with Crippen LogP contribution in [0.1, 0.15) is 76.0 Å². The molecule has 1 saturated carbocycles. The maximum absolute atomic E-state index is 13.4. The van der Waals surface area contributed by atoms with Crippen LogP contribution in [0.15, 0.2) is 26.8 Å². The standard InChI is InChI=1S/C28H38N6O6S.H2O.Zn/c1-13-9-14(2)24(15(3)10-13)40-28(37)23-17(5)22(32-26(23)30-19(7)35)11-21-16(4)20(12-29)25(31-21)33-27(36)18(6)34-41(8,38)39;;/h11,13-15,18,24,34H,9-10H2,1-8H3,(H3,30,31,32,33,35,36,37);1H2;/p-1. The normalized spacial score (nSPS) is 23.9. The van der Waals surface area contributed by atoms with Crippen molar-refractivity contribution < 1.29 is 52.8 Å². The number of sulfonamides is 1. The smallest absolute Gasteiger partial charge is 0.338 e. The molecule has 43 heavy (non-hydrogen) atoms. The van der Waals surface area contributed by atoms with E-state index in [1.807, 2.05) is 6.07 Å². The molecule has 5 N–H and O–H groups in total. The van der Waals surface area contributed by atoms with Gasteiger partial charge in [0.25, 0.3) is 0 Å². The van der Waals surface area contributed by atoms with Crippen LogP contribution in [-0.4, -0.2) is 61.0 Å². The van der Waals surface area contributed by atoms with E-state index in [0.29, 0.717) is 28.4 Å². The van der Waals surface area contributed by atoms with Crippen LogP contribution in [0.3, 0.4) is 0 Å². The van der Waals surface area contributed by atoms with E-state index in [9.17, 15) is 28.4 Å². The van der Waals surface area contributed by atoms with Gasteiger partial charge in [0.1, 0.15) is 23.7 Å². The molecule has 1 aliphatic carbocycles. The van der Waals surface area contributed by atoms with Crippen molar-refractivity contribution in [3.05, 3.63) is 33.7 Å². The van der Waals surface area contributed by atoms with Crippen molar-refractivity contribution in [3.8, 4) is 6.07 Å². The van der Waals surface area contributed by atoms with Crippen LogP contribution in [0, 0.1) is 36.0 Å². The number of hydrogen-bond acceptors (Lipinski definition) is 8. The predicted octanol–water partition coefficient (Wildman–Crippen LogP) is 2.80. The molecule has 1 amide bonds. The number of amidine groups is 1. The molecule has 1 aromatic heterocycles. The number of aromatic nitrogens is 1. The largest absolute Gasteiger partial charge is 0.495 e. The van der Waals surface area contributed by atoms with E-state index in [4.69, 9.17) is 4.74 Å². The van der Waals surface area contributed by atoms with Crippen molar-refractivity contribution in [2.75, 3.05) is 11.6 Å². The molecule has 1 aliphatic heterocycles. The number of hydrogen-bond donors (Lipinski definition) is 3. The van der Waals surface area contributed by atoms with Crippen molar-refractivity contribution in [2.45, 2.75) is 73.5 Å². The number of esters is 1. The zero-order chi connectivity index (χ0) is 30.8. The number of amides is 1. The number of nitriles is 1. The molecule has 2 heterocycles. The van der Waals surface area contributed by atoms with E-state index >= 15 is 0 Å². The van der Waals surface area contributed by atoms with Gasteiger partial charge in [0.05, 0.1) is 23.6 Å². The summed E-state index contributed by atoms with van der Waals surface area (Å²) in [4.78, 5) is 38.2. The van der Waals surface area contributed by atoms with Crippen molar-refractivity contribution >= 4 is 45.5 Å². The fraction of sp³-hybridized carbons (Fsp3) is 0.536. The van der Waals surface area contributed by atoms with Crippen molar-refractivity contribution in [1.82, 2.24) is 9.71 Å². The number of aliphatic imine (C=N–C) groups is 2. The van der Waals surface area contributed by atoms with E-state index < -0.39 is 33.8 Å². The first-order valence-corrected chi connectivity index (χ1v) is 15.2. The van der Waals surface area contributed by atoms with Crippen LogP contribution in [-0.2, 0) is 39.0 Å². The van der Waals surface area contributed by atoms with Gasteiger partial charge in [0.15, 0.2) is 5.84 Å². The Labute approximate surface area is 265 Å². The first-order valence-electron chi connectivity index (χ1n) is 13.3. The topological polar surface area (TPSA) is 216 Å². The Morgan fingerprint density at radius 2 is 1.81 bits per heavy atom. The van der Waals surface area contributed by atoms with Crippen LogP contribution >= 0.6 is 0 Å². The number of carbonyl (C=O) groups is 2. The summed E-state index contributed by atoms with van der Waals surface area (Å²) in [6.07, 6.45) is 4.13. The molecule has 0 bridgehead atoms. The number of allylic oxidation sites excluding steroid dienone is 1. The van der Waals surface area contributed by atoms with Gasteiger partial charge in [-0.2, -0.15) is 10.3 Å². The van der Waals surface area contributed by atoms with Gasteiger partial charge in [-0.25, -0.2) is 22.9 Å². The summed E-state index contributed by atoms with van der Waals surface area (Å²) in [5, 5.41) is 22.6. The summed E-state index contributed by atoms with van der Waals surface area (Å²) >= 11 is 0. The van der Waals surface area contributed by atoms with Crippen LogP contribution in [0.4, 0.5) is 5.82 Å². The molecule has 3 rings (SSSR count). The number of anilines is 1. The molecular formula is C28H39N6O7SZn-. The summed E-state index contributed by atoms with van der Waals surface area (Å²) in [7, 11) is -3.62. The summed E-state index contributed by atoms with van der Waals surface area (Å²) in [6.45, 7) is 12.4. The van der Waals surface area contributed by atoms with E-state index in [1.165, 1.54) is 13.8 Å². The Bertz CT molecular complexity index is 1510. The number of rotatable bonds is 7. The minimum atomic E-state index is -3.62. The third kappa shape index (κ3) is 9.16. The summed E-state index contributed by atoms with van der Waals surface area (Å²) in [5.74, 6) is -0.684. The molecule has 0 spiro atoms. The number of aliphatic hydroxyl groups is 1. The van der Waals surface area contributed by atoms with Gasteiger partial charge >= 0.3 is 5.97 Å². The molecule has 13 nitrogen and oxygen atoms in total. The second kappa shape index (κ2) is 15.0. The Hall–Kier alpha value is -3.18. The molecule has 1 aromatic rings. The van der Waals surface area contributed by atoms with Gasteiger partial charge in [-0.15, -0.1) is 0 Å². The van der Waals surface area contributed by atoms with Crippen LogP contribution in [0.25, 0.3) is 6.08 Å². The molecule has 1 fully saturated rings. The molecule has 0 saturated heterocycles. The van der Waals surface area contributed by atoms with Crippen molar-refractivity contribution in [2.24, 2.45) is 27.7 Å². The number of nitrogens with zero attached hydrogens (tertiary/aromatic N) is 4. The van der Waals surface area contributed by atoms with Gasteiger partial charge in [-0.3, -0.25) is 4.79 Å². The average Bonchev–Trinajstić information content (AvgIpc) is 3.29. The zero-order valence-electron chi connectivity index (χ0n) is 25.8. The minimum Gasteiger partial charge on any atom is -0.495 e. The molecule has 3 unspecified atom stereocenters. The maximum Gasteiger partial charge on any atom is 0.338 e. The van der Waals surface area contributed by atoms with Gasteiger partial charge in [0.2, 0.25) is 15.9 Å². The van der Waals surface area contributed by atoms with Crippen molar-refractivity contribution in [1.29, 1.82) is 5.26 Å². The minimum absolute atomic E-state index is 0. The molecular weight excluding hydrogens is 630 g/mol. The number of aliphatic hydroxyl groups excluding tert-OH is 1. The quantitative estimate of drug-likeness (QED) is 0.169. The summed E-state index contributed by atoms with van der Waals surface area (Å²) in [5.41, 5.74) is 1.75. The van der Waals surface area contributed by atoms with E-state index in [0.717, 1.165) is 19.1 Å². The number of carbonyl (C=O) groups excluding carboxylic acids is 2. The van der Waals surface area contributed by atoms with Crippen molar-refractivity contribution in [3.63, 3.8) is 0 Å². The van der Waals surface area contributed by atoms with E-state index in [2.05, 4.69) is 45.8 Å². The third-order valence-corrected chi connectivity index (χ3v) is 8.01. The van der Waals surface area contributed by atoms with Crippen LogP contribution in [0.5, 0.6) is 0 Å². The molecule has 3 atom stereocenters. The first kappa shape index (κ1) is 37.8. The fourth-order valence-corrected chi connectivity index (χ4v) is 6.18. The third-order valence-electron chi connectivity index (χ3n) is 7.23. The predicted molar refractivity (Wildman–Crippen MR) is 160 cm³/mol. The average molecular weight is 669 g/mol. The van der Waals surface area contributed by atoms with E-state index in [1.54, 1.807) is 19.9 Å². The van der Waals surface area contributed by atoms with Gasteiger partial charge in [-0.05, 0) is 87.0 Å². The Balaban J connectivity index is 0.00000462. The Kier molecular flexibility index (Phi) is 13.2. The van der Waals surface area contributed by atoms with Gasteiger partial charge < -0.3 is 25.6 Å². The van der Waals surface area contributed by atoms with Gasteiger partial charge in [0, 0.05) is 19.5 Å². The molecule has 0 aromatic carbocycles. The molecule has 232 valence electrons. The zero-order valence-corrected chi connectivity index (χ0v) is 29.6. The molecule has 0 radical (unpaired) electrons. The summed E-state index contributed by atoms with van der Waals surface area (Å²) < 4.78 is 31.2.